The van der Waals surface area contributed by atoms with E-state index in [-0.39, 0.29) is 5.91 Å². The monoisotopic (exact) mass is 318 g/mol. The van der Waals surface area contributed by atoms with Gasteiger partial charge < -0.3 is 19.6 Å². The molecule has 0 bridgehead atoms. The molecule has 0 atom stereocenters. The van der Waals surface area contributed by atoms with Crippen molar-refractivity contribution in [1.82, 2.24) is 24.7 Å². The lowest BCUT2D eigenvalue weighted by Gasteiger charge is -2.34. The predicted molar refractivity (Wildman–Crippen MR) is 89.8 cm³/mol. The van der Waals surface area contributed by atoms with Gasteiger partial charge in [-0.2, -0.15) is 0 Å². The highest BCUT2D eigenvalue weighted by molar-refractivity contribution is 5.93. The Kier molecular flexibility index (Phi) is 5.07. The van der Waals surface area contributed by atoms with Gasteiger partial charge in [-0.3, -0.25) is 4.79 Å². The summed E-state index contributed by atoms with van der Waals surface area (Å²) in [5.74, 6) is 0.774. The second-order valence-electron chi connectivity index (χ2n) is 6.29. The van der Waals surface area contributed by atoms with Crippen LogP contribution < -0.4 is 4.90 Å². The zero-order valence-corrected chi connectivity index (χ0v) is 14.1. The largest absolute Gasteiger partial charge is 0.338 e. The van der Waals surface area contributed by atoms with Crippen LogP contribution in [-0.2, 0) is 0 Å². The zero-order valence-electron chi connectivity index (χ0n) is 14.1. The minimum Gasteiger partial charge on any atom is -0.338 e. The lowest BCUT2D eigenvalue weighted by atomic mass is 10.2. The molecule has 126 valence electrons. The number of rotatable bonds is 3. The third-order valence-electron chi connectivity index (χ3n) is 4.78. The van der Waals surface area contributed by atoms with E-state index in [9.17, 15) is 4.79 Å². The van der Waals surface area contributed by atoms with Crippen molar-refractivity contribution in [2.24, 2.45) is 0 Å². The summed E-state index contributed by atoms with van der Waals surface area (Å²) in [6.45, 7) is 10.6. The van der Waals surface area contributed by atoms with E-state index in [1.54, 1.807) is 12.4 Å². The summed E-state index contributed by atoms with van der Waals surface area (Å²) in [5, 5.41) is 0. The van der Waals surface area contributed by atoms with Crippen LogP contribution in [0.1, 0.15) is 17.3 Å². The van der Waals surface area contributed by atoms with Crippen LogP contribution in [0.2, 0.25) is 0 Å². The van der Waals surface area contributed by atoms with Crippen molar-refractivity contribution < 1.29 is 4.79 Å². The van der Waals surface area contributed by atoms with E-state index in [1.807, 2.05) is 4.90 Å². The fraction of sp³-hybridized carbons (Fsp3) is 0.688. The Morgan fingerprint density at radius 1 is 1.00 bits per heavy atom. The number of hydrogen-bond donors (Lipinski definition) is 0. The lowest BCUT2D eigenvalue weighted by Crippen LogP contribution is -2.47. The van der Waals surface area contributed by atoms with Crippen molar-refractivity contribution in [3.63, 3.8) is 0 Å². The summed E-state index contributed by atoms with van der Waals surface area (Å²) in [6.07, 6.45) is 3.35. The third-order valence-corrected chi connectivity index (χ3v) is 4.78. The number of nitrogens with zero attached hydrogens (tertiary/aromatic N) is 6. The molecule has 0 N–H and O–H groups in total. The summed E-state index contributed by atoms with van der Waals surface area (Å²) in [7, 11) is 2.08. The highest BCUT2D eigenvalue weighted by Gasteiger charge is 2.22. The van der Waals surface area contributed by atoms with Crippen LogP contribution in [-0.4, -0.2) is 96.5 Å². The van der Waals surface area contributed by atoms with E-state index in [0.29, 0.717) is 5.56 Å². The molecule has 23 heavy (non-hydrogen) atoms. The summed E-state index contributed by atoms with van der Waals surface area (Å²) in [6, 6.07) is 0. The molecule has 2 aliphatic rings. The van der Waals surface area contributed by atoms with Crippen LogP contribution in [0.25, 0.3) is 0 Å². The van der Waals surface area contributed by atoms with Gasteiger partial charge in [-0.1, -0.05) is 6.92 Å². The van der Waals surface area contributed by atoms with Gasteiger partial charge in [-0.15, -0.1) is 0 Å². The number of anilines is 1. The number of likely N-dealkylation sites (N-methyl/N-ethyl adjacent to an activating group) is 2. The molecule has 0 unspecified atom stereocenters. The van der Waals surface area contributed by atoms with E-state index < -0.39 is 0 Å². The molecule has 7 nitrogen and oxygen atoms in total. The predicted octanol–water partition coefficient (Wildman–Crippen LogP) is 0.00610. The van der Waals surface area contributed by atoms with Gasteiger partial charge in [0.05, 0.1) is 5.56 Å². The Hall–Kier alpha value is -1.73. The average molecular weight is 318 g/mol. The summed E-state index contributed by atoms with van der Waals surface area (Å²) < 4.78 is 0. The van der Waals surface area contributed by atoms with Crippen molar-refractivity contribution in [2.45, 2.75) is 6.92 Å². The van der Waals surface area contributed by atoms with Gasteiger partial charge in [-0.05, 0) is 13.6 Å². The Labute approximate surface area is 137 Å². The average Bonchev–Trinajstić information content (AvgIpc) is 2.62. The topological polar surface area (TPSA) is 55.8 Å². The molecule has 2 fully saturated rings. The Morgan fingerprint density at radius 2 is 1.61 bits per heavy atom. The maximum Gasteiger partial charge on any atom is 0.257 e. The number of aromatic nitrogens is 2. The first-order valence-corrected chi connectivity index (χ1v) is 8.44. The molecule has 0 aliphatic carbocycles. The van der Waals surface area contributed by atoms with Crippen LogP contribution in [0.5, 0.6) is 0 Å². The fourth-order valence-electron chi connectivity index (χ4n) is 3.05. The molecule has 0 saturated carbocycles. The minimum atomic E-state index is 0.0421. The highest BCUT2D eigenvalue weighted by atomic mass is 16.2. The molecule has 2 saturated heterocycles. The first-order chi connectivity index (χ1) is 11.2. The molecule has 0 radical (unpaired) electrons. The molecule has 3 rings (SSSR count). The standard InChI is InChI=1S/C16H26N6O/c1-3-20-6-10-22(11-7-20)16-17-12-14(13-18-16)15(23)21-8-4-19(2)5-9-21/h12-13H,3-11H2,1-2H3. The summed E-state index contributed by atoms with van der Waals surface area (Å²) in [4.78, 5) is 30.1. The van der Waals surface area contributed by atoms with E-state index in [2.05, 4.69) is 38.6 Å². The van der Waals surface area contributed by atoms with Gasteiger partial charge in [-0.25, -0.2) is 9.97 Å². The van der Waals surface area contributed by atoms with Crippen LogP contribution in [0.3, 0.4) is 0 Å². The molecule has 7 heteroatoms. The molecule has 1 aromatic rings. The van der Waals surface area contributed by atoms with Gasteiger partial charge in [0.25, 0.3) is 5.91 Å². The summed E-state index contributed by atoms with van der Waals surface area (Å²) in [5.41, 5.74) is 0.588. The van der Waals surface area contributed by atoms with Gasteiger partial charge in [0.2, 0.25) is 5.95 Å². The second-order valence-corrected chi connectivity index (χ2v) is 6.29. The minimum absolute atomic E-state index is 0.0421. The van der Waals surface area contributed by atoms with Crippen molar-refractivity contribution in [2.75, 3.05) is 70.9 Å². The maximum absolute atomic E-state index is 12.5. The van der Waals surface area contributed by atoms with Crippen LogP contribution >= 0.6 is 0 Å². The van der Waals surface area contributed by atoms with Crippen molar-refractivity contribution >= 4 is 11.9 Å². The quantitative estimate of drug-likeness (QED) is 0.782. The Bertz CT molecular complexity index is 518. The van der Waals surface area contributed by atoms with E-state index >= 15 is 0 Å². The number of carbonyl (C=O) groups excluding carboxylic acids is 1. The van der Waals surface area contributed by atoms with Crippen LogP contribution in [0.15, 0.2) is 12.4 Å². The Morgan fingerprint density at radius 3 is 2.17 bits per heavy atom. The fourth-order valence-corrected chi connectivity index (χ4v) is 3.05. The molecular weight excluding hydrogens is 292 g/mol. The molecule has 0 aromatic carbocycles. The van der Waals surface area contributed by atoms with Gasteiger partial charge in [0.1, 0.15) is 0 Å². The van der Waals surface area contributed by atoms with Crippen LogP contribution in [0.4, 0.5) is 5.95 Å². The molecule has 3 heterocycles. The van der Waals surface area contributed by atoms with E-state index in [1.165, 1.54) is 0 Å². The van der Waals surface area contributed by atoms with Gasteiger partial charge in [0, 0.05) is 64.8 Å². The molecule has 0 spiro atoms. The number of carbonyl (C=O) groups is 1. The van der Waals surface area contributed by atoms with Gasteiger partial charge >= 0.3 is 0 Å². The molecule has 1 amide bonds. The molecular formula is C16H26N6O. The van der Waals surface area contributed by atoms with Crippen molar-refractivity contribution in [3.8, 4) is 0 Å². The molecule has 1 aromatic heterocycles. The summed E-state index contributed by atoms with van der Waals surface area (Å²) >= 11 is 0. The zero-order chi connectivity index (χ0) is 16.2. The van der Waals surface area contributed by atoms with Gasteiger partial charge in [0.15, 0.2) is 0 Å². The second kappa shape index (κ2) is 7.23. The SMILES string of the molecule is CCN1CCN(c2ncc(C(=O)N3CCN(C)CC3)cn2)CC1. The number of hydrogen-bond acceptors (Lipinski definition) is 6. The lowest BCUT2D eigenvalue weighted by molar-refractivity contribution is 0.0663. The smallest absolute Gasteiger partial charge is 0.257 e. The third kappa shape index (κ3) is 3.79. The normalized spacial score (nSPS) is 20.8. The highest BCUT2D eigenvalue weighted by Crippen LogP contribution is 2.12. The number of amides is 1. The first kappa shape index (κ1) is 16.1. The van der Waals surface area contributed by atoms with E-state index in [4.69, 9.17) is 0 Å². The van der Waals surface area contributed by atoms with Crippen molar-refractivity contribution in [3.05, 3.63) is 18.0 Å². The van der Waals surface area contributed by atoms with E-state index in [0.717, 1.165) is 64.9 Å². The number of piperazine rings is 2. The van der Waals surface area contributed by atoms with Crippen LogP contribution in [0, 0.1) is 0 Å². The maximum atomic E-state index is 12.5. The first-order valence-electron chi connectivity index (χ1n) is 8.44. The Balaban J connectivity index is 1.60. The molecule has 2 aliphatic heterocycles. The van der Waals surface area contributed by atoms with Crippen molar-refractivity contribution in [1.29, 1.82) is 0 Å².